The zero-order chi connectivity index (χ0) is 14.2. The lowest BCUT2D eigenvalue weighted by molar-refractivity contribution is -0.120. The molecule has 19 heavy (non-hydrogen) atoms. The summed E-state index contributed by atoms with van der Waals surface area (Å²) < 4.78 is 39.8. The summed E-state index contributed by atoms with van der Waals surface area (Å²) in [6, 6.07) is -0.00738. The van der Waals surface area contributed by atoms with E-state index in [1.807, 2.05) is 6.92 Å². The lowest BCUT2D eigenvalue weighted by atomic mass is 10.2. The summed E-state index contributed by atoms with van der Waals surface area (Å²) in [5.41, 5.74) is 1.63. The van der Waals surface area contributed by atoms with Crippen LogP contribution in [0.25, 0.3) is 0 Å². The van der Waals surface area contributed by atoms with E-state index in [9.17, 15) is 13.2 Å². The normalized spacial score (nSPS) is 15.9. The van der Waals surface area contributed by atoms with Gasteiger partial charge in [0.15, 0.2) is 0 Å². The lowest BCUT2D eigenvalue weighted by Crippen LogP contribution is -2.38. The number of nitrogens with one attached hydrogen (secondary N) is 1. The van der Waals surface area contributed by atoms with Crippen molar-refractivity contribution in [1.29, 1.82) is 0 Å². The van der Waals surface area contributed by atoms with Crippen molar-refractivity contribution in [2.45, 2.75) is 38.5 Å². The van der Waals surface area contributed by atoms with Crippen LogP contribution >= 0.6 is 0 Å². The molecule has 0 unspecified atom stereocenters. The molecule has 0 aliphatic heterocycles. The van der Waals surface area contributed by atoms with E-state index in [2.05, 4.69) is 10.4 Å². The summed E-state index contributed by atoms with van der Waals surface area (Å²) in [5, 5.41) is 7.25. The zero-order valence-corrected chi connectivity index (χ0v) is 11.4. The number of halogens is 3. The average Bonchev–Trinajstić information content (AvgIpc) is 3.04. The molecule has 1 aliphatic carbocycles. The highest BCUT2D eigenvalue weighted by molar-refractivity contribution is 5.52. The Bertz CT molecular complexity index is 449. The highest BCUT2D eigenvalue weighted by Gasteiger charge is 2.40. The summed E-state index contributed by atoms with van der Waals surface area (Å²) in [6.07, 6.45) is -2.56. The van der Waals surface area contributed by atoms with E-state index >= 15 is 0 Å². The van der Waals surface area contributed by atoms with Crippen LogP contribution in [0.1, 0.15) is 24.1 Å². The van der Waals surface area contributed by atoms with Crippen molar-refractivity contribution < 1.29 is 13.2 Å². The first-order valence-corrected chi connectivity index (χ1v) is 6.34. The van der Waals surface area contributed by atoms with Crippen molar-refractivity contribution in [3.63, 3.8) is 0 Å². The molecule has 0 aromatic carbocycles. The Balaban J connectivity index is 2.35. The molecule has 1 N–H and O–H groups in total. The van der Waals surface area contributed by atoms with Gasteiger partial charge in [0, 0.05) is 25.2 Å². The maximum absolute atomic E-state index is 12.7. The Morgan fingerprint density at radius 3 is 2.53 bits per heavy atom. The second-order valence-corrected chi connectivity index (χ2v) is 5.02. The molecule has 0 bridgehead atoms. The summed E-state index contributed by atoms with van der Waals surface area (Å²) in [6.45, 7) is 1.44. The molecule has 108 valence electrons. The van der Waals surface area contributed by atoms with Crippen molar-refractivity contribution >= 4 is 5.82 Å². The first kappa shape index (κ1) is 14.2. The molecular weight excluding hydrogens is 257 g/mol. The van der Waals surface area contributed by atoms with Gasteiger partial charge in [-0.05, 0) is 26.8 Å². The molecule has 0 saturated heterocycles. The van der Waals surface area contributed by atoms with Crippen molar-refractivity contribution in [3.05, 3.63) is 11.3 Å². The van der Waals surface area contributed by atoms with Crippen LogP contribution in [0.4, 0.5) is 19.0 Å². The molecule has 0 radical (unpaired) electrons. The lowest BCUT2D eigenvalue weighted by Gasteiger charge is -2.27. The van der Waals surface area contributed by atoms with Gasteiger partial charge in [-0.2, -0.15) is 18.3 Å². The molecule has 0 atom stereocenters. The van der Waals surface area contributed by atoms with Gasteiger partial charge in [0.05, 0.1) is 5.69 Å². The van der Waals surface area contributed by atoms with Gasteiger partial charge >= 0.3 is 6.18 Å². The molecular formula is C12H19F3N4. The van der Waals surface area contributed by atoms with Crippen LogP contribution in [0.5, 0.6) is 0 Å². The van der Waals surface area contributed by atoms with Gasteiger partial charge in [-0.1, -0.05) is 0 Å². The predicted octanol–water partition coefficient (Wildman–Crippen LogP) is 1.98. The minimum Gasteiger partial charge on any atom is -0.344 e. The van der Waals surface area contributed by atoms with Crippen LogP contribution in [0, 0.1) is 6.92 Å². The van der Waals surface area contributed by atoms with E-state index in [1.54, 1.807) is 18.8 Å². The number of aromatic nitrogens is 2. The van der Waals surface area contributed by atoms with Crippen LogP contribution in [0.2, 0.25) is 0 Å². The highest BCUT2D eigenvalue weighted by atomic mass is 19.4. The Morgan fingerprint density at radius 2 is 2.05 bits per heavy atom. The van der Waals surface area contributed by atoms with Gasteiger partial charge < -0.3 is 10.2 Å². The second kappa shape index (κ2) is 5.03. The van der Waals surface area contributed by atoms with Crippen LogP contribution < -0.4 is 10.2 Å². The van der Waals surface area contributed by atoms with Gasteiger partial charge in [0.2, 0.25) is 0 Å². The third-order valence-electron chi connectivity index (χ3n) is 3.28. The first-order valence-electron chi connectivity index (χ1n) is 6.34. The van der Waals surface area contributed by atoms with Crippen molar-refractivity contribution in [2.24, 2.45) is 7.05 Å². The summed E-state index contributed by atoms with van der Waals surface area (Å²) in [5.74, 6) is 0.590. The summed E-state index contributed by atoms with van der Waals surface area (Å²) >= 11 is 0. The maximum Gasteiger partial charge on any atom is 0.405 e. The Labute approximate surface area is 110 Å². The third kappa shape index (κ3) is 3.20. The fourth-order valence-corrected chi connectivity index (χ4v) is 2.39. The van der Waals surface area contributed by atoms with E-state index in [4.69, 9.17) is 0 Å². The SMILES string of the molecule is CNCc1c(C)nn(C)c1N(CC(F)(F)F)C1CC1. The van der Waals surface area contributed by atoms with Crippen LogP contribution in [0.15, 0.2) is 0 Å². The Kier molecular flexibility index (Phi) is 3.75. The number of anilines is 1. The van der Waals surface area contributed by atoms with E-state index in [-0.39, 0.29) is 6.04 Å². The standard InChI is InChI=1S/C12H19F3N4/c1-8-10(6-16-2)11(18(3)17-8)19(9-4-5-9)7-12(13,14)15/h9,16H,4-7H2,1-3H3. The molecule has 4 nitrogen and oxygen atoms in total. The Hall–Kier alpha value is -1.24. The first-order chi connectivity index (χ1) is 8.83. The van der Waals surface area contributed by atoms with E-state index < -0.39 is 12.7 Å². The highest BCUT2D eigenvalue weighted by Crippen LogP contribution is 2.36. The van der Waals surface area contributed by atoms with Crippen molar-refractivity contribution in [3.8, 4) is 0 Å². The topological polar surface area (TPSA) is 33.1 Å². The molecule has 0 spiro atoms. The number of aryl methyl sites for hydroxylation is 2. The summed E-state index contributed by atoms with van der Waals surface area (Å²) in [7, 11) is 3.48. The average molecular weight is 276 g/mol. The zero-order valence-electron chi connectivity index (χ0n) is 11.4. The number of hydrogen-bond donors (Lipinski definition) is 1. The van der Waals surface area contributed by atoms with Crippen molar-refractivity contribution in [2.75, 3.05) is 18.5 Å². The van der Waals surface area contributed by atoms with Gasteiger partial charge in [0.25, 0.3) is 0 Å². The van der Waals surface area contributed by atoms with Gasteiger partial charge in [-0.3, -0.25) is 4.68 Å². The van der Waals surface area contributed by atoms with Crippen LogP contribution in [-0.4, -0.2) is 35.6 Å². The van der Waals surface area contributed by atoms with E-state index in [0.29, 0.717) is 12.4 Å². The third-order valence-corrected chi connectivity index (χ3v) is 3.28. The molecule has 1 aromatic rings. The van der Waals surface area contributed by atoms with E-state index in [1.165, 1.54) is 4.90 Å². The summed E-state index contributed by atoms with van der Waals surface area (Å²) in [4.78, 5) is 1.45. The van der Waals surface area contributed by atoms with Crippen LogP contribution in [0.3, 0.4) is 0 Å². The largest absolute Gasteiger partial charge is 0.405 e. The molecule has 2 rings (SSSR count). The Morgan fingerprint density at radius 1 is 1.42 bits per heavy atom. The molecule has 1 aliphatic rings. The molecule has 1 fully saturated rings. The number of nitrogens with zero attached hydrogens (tertiary/aromatic N) is 3. The van der Waals surface area contributed by atoms with Crippen molar-refractivity contribution in [1.82, 2.24) is 15.1 Å². The predicted molar refractivity (Wildman–Crippen MR) is 67.1 cm³/mol. The molecule has 1 saturated carbocycles. The number of alkyl halides is 3. The maximum atomic E-state index is 12.7. The molecule has 1 aromatic heterocycles. The number of rotatable bonds is 5. The fourth-order valence-electron chi connectivity index (χ4n) is 2.39. The molecule has 7 heteroatoms. The van der Waals surface area contributed by atoms with Gasteiger partial charge in [-0.25, -0.2) is 0 Å². The smallest absolute Gasteiger partial charge is 0.344 e. The van der Waals surface area contributed by atoms with Gasteiger partial charge in [0.1, 0.15) is 12.4 Å². The monoisotopic (exact) mass is 276 g/mol. The molecule has 0 amide bonds. The molecule has 1 heterocycles. The quantitative estimate of drug-likeness (QED) is 0.892. The minimum absolute atomic E-state index is 0.00738. The minimum atomic E-state index is -4.20. The van der Waals surface area contributed by atoms with E-state index in [0.717, 1.165) is 24.1 Å². The van der Waals surface area contributed by atoms with Crippen LogP contribution in [-0.2, 0) is 13.6 Å². The number of hydrogen-bond acceptors (Lipinski definition) is 3. The van der Waals surface area contributed by atoms with Gasteiger partial charge in [-0.15, -0.1) is 0 Å². The fraction of sp³-hybridized carbons (Fsp3) is 0.750. The second-order valence-electron chi connectivity index (χ2n) is 5.02.